The predicted octanol–water partition coefficient (Wildman–Crippen LogP) is 1.50. The van der Waals surface area contributed by atoms with Crippen molar-refractivity contribution >= 4 is 0 Å². The Balaban J connectivity index is 1.93. The van der Waals surface area contributed by atoms with Gasteiger partial charge in [0.05, 0.1) is 12.2 Å². The molecule has 0 aromatic carbocycles. The third-order valence-electron chi connectivity index (χ3n) is 3.09. The van der Waals surface area contributed by atoms with Gasteiger partial charge in [-0.05, 0) is 40.2 Å². The molecule has 0 amide bonds. The van der Waals surface area contributed by atoms with E-state index >= 15 is 0 Å². The molecule has 18 heavy (non-hydrogen) atoms. The lowest BCUT2D eigenvalue weighted by atomic mass is 10.3. The Labute approximate surface area is 112 Å². The van der Waals surface area contributed by atoms with Crippen molar-refractivity contribution in [2.24, 2.45) is 0 Å². The van der Waals surface area contributed by atoms with Crippen molar-refractivity contribution < 1.29 is 9.47 Å². The Morgan fingerprint density at radius 1 is 1.39 bits per heavy atom. The Kier molecular flexibility index (Phi) is 8.59. The van der Waals surface area contributed by atoms with Crippen LogP contribution in [0.4, 0.5) is 0 Å². The topological polar surface area (TPSA) is 33.7 Å². The highest BCUT2D eigenvalue weighted by molar-refractivity contribution is 4.67. The molecule has 1 atom stereocenters. The number of hydrogen-bond acceptors (Lipinski definition) is 4. The van der Waals surface area contributed by atoms with Crippen LogP contribution in [0.1, 0.15) is 33.6 Å². The second kappa shape index (κ2) is 9.73. The van der Waals surface area contributed by atoms with Crippen molar-refractivity contribution in [3.8, 4) is 0 Å². The molecule has 0 aliphatic carbocycles. The van der Waals surface area contributed by atoms with Gasteiger partial charge in [-0.2, -0.15) is 0 Å². The van der Waals surface area contributed by atoms with Crippen LogP contribution >= 0.6 is 0 Å². The van der Waals surface area contributed by atoms with Gasteiger partial charge >= 0.3 is 0 Å². The van der Waals surface area contributed by atoms with Gasteiger partial charge in [-0.3, -0.25) is 4.90 Å². The maximum Gasteiger partial charge on any atom is 0.0673 e. The van der Waals surface area contributed by atoms with Crippen LogP contribution in [0.25, 0.3) is 0 Å². The lowest BCUT2D eigenvalue weighted by molar-refractivity contribution is 0.0677. The van der Waals surface area contributed by atoms with Gasteiger partial charge in [0.2, 0.25) is 0 Å². The fourth-order valence-corrected chi connectivity index (χ4v) is 2.16. The second-order valence-electron chi connectivity index (χ2n) is 5.36. The highest BCUT2D eigenvalue weighted by Crippen LogP contribution is 2.04. The van der Waals surface area contributed by atoms with E-state index in [1.54, 1.807) is 0 Å². The van der Waals surface area contributed by atoms with Gasteiger partial charge in [0.15, 0.2) is 0 Å². The Bertz CT molecular complexity index is 200. The maximum absolute atomic E-state index is 5.64. The van der Waals surface area contributed by atoms with E-state index in [1.165, 1.54) is 6.54 Å². The summed E-state index contributed by atoms with van der Waals surface area (Å²) in [4.78, 5) is 2.50. The molecule has 0 spiro atoms. The number of hydrogen-bond donors (Lipinski definition) is 1. The highest BCUT2D eigenvalue weighted by atomic mass is 16.5. The van der Waals surface area contributed by atoms with E-state index in [2.05, 4.69) is 31.0 Å². The molecule has 0 aromatic heterocycles. The Morgan fingerprint density at radius 2 is 2.22 bits per heavy atom. The lowest BCUT2D eigenvalue weighted by Gasteiger charge is -2.21. The monoisotopic (exact) mass is 258 g/mol. The molecule has 0 bridgehead atoms. The largest absolute Gasteiger partial charge is 0.379 e. The fraction of sp³-hybridized carbons (Fsp3) is 1.00. The van der Waals surface area contributed by atoms with E-state index in [4.69, 9.17) is 9.47 Å². The Hall–Kier alpha value is -0.160. The van der Waals surface area contributed by atoms with Gasteiger partial charge in [-0.1, -0.05) is 0 Å². The van der Waals surface area contributed by atoms with E-state index in [0.29, 0.717) is 12.2 Å². The SMILES string of the molecule is CC(C)OCCCNCCN1CCCOC(C)C1. The minimum Gasteiger partial charge on any atom is -0.379 e. The number of nitrogens with zero attached hydrogens (tertiary/aromatic N) is 1. The standard InChI is InChI=1S/C14H30N2O2/c1-13(2)17-10-4-6-15-7-9-16-8-5-11-18-14(3)12-16/h13-15H,4-12H2,1-3H3. The van der Waals surface area contributed by atoms with Crippen molar-refractivity contribution in [1.29, 1.82) is 0 Å². The Morgan fingerprint density at radius 3 is 3.00 bits per heavy atom. The van der Waals surface area contributed by atoms with Gasteiger partial charge in [-0.15, -0.1) is 0 Å². The first-order chi connectivity index (χ1) is 8.68. The van der Waals surface area contributed by atoms with E-state index in [-0.39, 0.29) is 0 Å². The zero-order valence-corrected chi connectivity index (χ0v) is 12.3. The summed E-state index contributed by atoms with van der Waals surface area (Å²) in [6, 6.07) is 0. The molecule has 1 unspecified atom stereocenters. The molecular formula is C14H30N2O2. The van der Waals surface area contributed by atoms with Crippen LogP contribution in [0.5, 0.6) is 0 Å². The summed E-state index contributed by atoms with van der Waals surface area (Å²) in [5.41, 5.74) is 0. The van der Waals surface area contributed by atoms with Gasteiger partial charge in [0.1, 0.15) is 0 Å². The van der Waals surface area contributed by atoms with Gasteiger partial charge in [-0.25, -0.2) is 0 Å². The van der Waals surface area contributed by atoms with Crippen molar-refractivity contribution in [1.82, 2.24) is 10.2 Å². The van der Waals surface area contributed by atoms with Gasteiger partial charge in [0, 0.05) is 39.4 Å². The van der Waals surface area contributed by atoms with Gasteiger partial charge < -0.3 is 14.8 Å². The predicted molar refractivity (Wildman–Crippen MR) is 75.0 cm³/mol. The van der Waals surface area contributed by atoms with Crippen molar-refractivity contribution in [3.05, 3.63) is 0 Å². The molecule has 1 fully saturated rings. The third-order valence-corrected chi connectivity index (χ3v) is 3.09. The molecule has 1 saturated heterocycles. The summed E-state index contributed by atoms with van der Waals surface area (Å²) in [6.07, 6.45) is 2.99. The molecule has 1 aliphatic heterocycles. The molecule has 108 valence electrons. The molecule has 1 N–H and O–H groups in total. The molecule has 1 aliphatic rings. The minimum atomic E-state index is 0.351. The lowest BCUT2D eigenvalue weighted by Crippen LogP contribution is -2.36. The third kappa shape index (κ3) is 8.03. The van der Waals surface area contributed by atoms with Crippen LogP contribution < -0.4 is 5.32 Å². The normalized spacial score (nSPS) is 22.3. The molecule has 1 heterocycles. The molecule has 1 rings (SSSR count). The highest BCUT2D eigenvalue weighted by Gasteiger charge is 2.13. The van der Waals surface area contributed by atoms with Crippen LogP contribution in [0.3, 0.4) is 0 Å². The first-order valence-electron chi connectivity index (χ1n) is 7.34. The van der Waals surface area contributed by atoms with Crippen LogP contribution in [0.2, 0.25) is 0 Å². The number of ether oxygens (including phenoxy) is 2. The van der Waals surface area contributed by atoms with Crippen molar-refractivity contribution in [2.75, 3.05) is 45.9 Å². The first kappa shape index (κ1) is 15.9. The summed E-state index contributed by atoms with van der Waals surface area (Å²) in [6.45, 7) is 13.6. The molecule has 0 radical (unpaired) electrons. The summed E-state index contributed by atoms with van der Waals surface area (Å²) < 4.78 is 11.1. The van der Waals surface area contributed by atoms with Crippen LogP contribution in [-0.4, -0.2) is 63.0 Å². The van der Waals surface area contributed by atoms with E-state index < -0.39 is 0 Å². The molecule has 4 heteroatoms. The average Bonchev–Trinajstić information content (AvgIpc) is 2.52. The number of nitrogens with one attached hydrogen (secondary N) is 1. The first-order valence-corrected chi connectivity index (χ1v) is 7.34. The van der Waals surface area contributed by atoms with Crippen molar-refractivity contribution in [2.45, 2.75) is 45.8 Å². The molecule has 4 nitrogen and oxygen atoms in total. The zero-order valence-electron chi connectivity index (χ0n) is 12.3. The van der Waals surface area contributed by atoms with E-state index in [9.17, 15) is 0 Å². The van der Waals surface area contributed by atoms with E-state index in [0.717, 1.165) is 52.2 Å². The quantitative estimate of drug-likeness (QED) is 0.669. The van der Waals surface area contributed by atoms with Crippen LogP contribution in [-0.2, 0) is 9.47 Å². The van der Waals surface area contributed by atoms with E-state index in [1.807, 2.05) is 0 Å². The minimum absolute atomic E-state index is 0.351. The summed E-state index contributed by atoms with van der Waals surface area (Å²) in [7, 11) is 0. The van der Waals surface area contributed by atoms with Crippen molar-refractivity contribution in [3.63, 3.8) is 0 Å². The van der Waals surface area contributed by atoms with Gasteiger partial charge in [0.25, 0.3) is 0 Å². The smallest absolute Gasteiger partial charge is 0.0673 e. The zero-order chi connectivity index (χ0) is 13.2. The fourth-order valence-electron chi connectivity index (χ4n) is 2.16. The maximum atomic E-state index is 5.64. The number of rotatable bonds is 8. The summed E-state index contributed by atoms with van der Waals surface area (Å²) >= 11 is 0. The molecule has 0 saturated carbocycles. The van der Waals surface area contributed by atoms with Crippen LogP contribution in [0, 0.1) is 0 Å². The summed E-state index contributed by atoms with van der Waals surface area (Å²) in [5, 5.41) is 3.48. The molecule has 0 aromatic rings. The summed E-state index contributed by atoms with van der Waals surface area (Å²) in [5.74, 6) is 0. The molecular weight excluding hydrogens is 228 g/mol. The average molecular weight is 258 g/mol. The van der Waals surface area contributed by atoms with Crippen LogP contribution in [0.15, 0.2) is 0 Å². The second-order valence-corrected chi connectivity index (χ2v) is 5.36.